The molecule has 2 fully saturated rings. The third-order valence-electron chi connectivity index (χ3n) is 8.17. The Morgan fingerprint density at radius 2 is 1.71 bits per heavy atom. The van der Waals surface area contributed by atoms with Crippen LogP contribution < -0.4 is 10.6 Å². The van der Waals surface area contributed by atoms with Gasteiger partial charge >= 0.3 is 0 Å². The fraction of sp³-hybridized carbons (Fsp3) is 0.562. The van der Waals surface area contributed by atoms with E-state index in [-0.39, 0.29) is 49.2 Å². The minimum atomic E-state index is -0.581. The SMILES string of the molecule is CC(=O)NCCCCCC(=O)Nc1ccc([C@@H]2O[C@H](CN3CCC[C@H]3CO)[C@H](C)[C@H](c3ccc(CO)cc3)O2)cc1. The van der Waals surface area contributed by atoms with Crippen molar-refractivity contribution in [3.8, 4) is 0 Å². The lowest BCUT2D eigenvalue weighted by Gasteiger charge is -2.43. The second-order valence-electron chi connectivity index (χ2n) is 11.3. The predicted molar refractivity (Wildman–Crippen MR) is 157 cm³/mol. The van der Waals surface area contributed by atoms with Crippen LogP contribution in [0.25, 0.3) is 0 Å². The highest BCUT2D eigenvalue weighted by molar-refractivity contribution is 5.90. The van der Waals surface area contributed by atoms with Gasteiger partial charge in [0.1, 0.15) is 0 Å². The first kappa shape index (κ1) is 31.1. The van der Waals surface area contributed by atoms with E-state index in [4.69, 9.17) is 9.47 Å². The zero-order valence-electron chi connectivity index (χ0n) is 24.3. The summed E-state index contributed by atoms with van der Waals surface area (Å²) in [6, 6.07) is 15.6. The fourth-order valence-electron chi connectivity index (χ4n) is 5.70. The number of hydrogen-bond donors (Lipinski definition) is 4. The number of aliphatic hydroxyl groups is 2. The number of ether oxygens (including phenoxy) is 2. The van der Waals surface area contributed by atoms with Crippen LogP contribution in [0.15, 0.2) is 48.5 Å². The summed E-state index contributed by atoms with van der Waals surface area (Å²) in [7, 11) is 0. The quantitative estimate of drug-likeness (QED) is 0.270. The largest absolute Gasteiger partial charge is 0.395 e. The normalized spacial score (nSPS) is 24.7. The molecule has 2 saturated heterocycles. The third-order valence-corrected chi connectivity index (χ3v) is 8.17. The van der Waals surface area contributed by atoms with Crippen LogP contribution in [0, 0.1) is 5.92 Å². The first-order chi connectivity index (χ1) is 19.9. The molecule has 0 aromatic heterocycles. The number of carbonyl (C=O) groups excluding carboxylic acids is 2. The van der Waals surface area contributed by atoms with Crippen molar-refractivity contribution in [1.29, 1.82) is 0 Å². The number of nitrogens with zero attached hydrogens (tertiary/aromatic N) is 1. The Morgan fingerprint density at radius 1 is 0.976 bits per heavy atom. The Kier molecular flexibility index (Phi) is 11.7. The Hall–Kier alpha value is -2.82. The zero-order chi connectivity index (χ0) is 29.2. The van der Waals surface area contributed by atoms with Crippen LogP contribution in [-0.2, 0) is 25.7 Å². The Balaban J connectivity index is 1.40. The highest BCUT2D eigenvalue weighted by atomic mass is 16.7. The van der Waals surface area contributed by atoms with Crippen LogP contribution in [0.2, 0.25) is 0 Å². The van der Waals surface area contributed by atoms with Crippen molar-refractivity contribution in [1.82, 2.24) is 10.2 Å². The summed E-state index contributed by atoms with van der Waals surface area (Å²) in [5, 5.41) is 25.1. The van der Waals surface area contributed by atoms with Crippen molar-refractivity contribution in [3.05, 3.63) is 65.2 Å². The van der Waals surface area contributed by atoms with Gasteiger partial charge in [-0.25, -0.2) is 0 Å². The van der Waals surface area contributed by atoms with Gasteiger partial charge in [0, 0.05) is 49.6 Å². The molecule has 4 rings (SSSR count). The molecule has 2 aromatic rings. The van der Waals surface area contributed by atoms with E-state index in [2.05, 4.69) is 22.5 Å². The second kappa shape index (κ2) is 15.4. The molecule has 2 aliphatic heterocycles. The summed E-state index contributed by atoms with van der Waals surface area (Å²) in [4.78, 5) is 25.7. The van der Waals surface area contributed by atoms with Gasteiger partial charge in [-0.05, 0) is 55.5 Å². The molecular weight excluding hydrogens is 522 g/mol. The number of aliphatic hydroxyl groups excluding tert-OH is 2. The van der Waals surface area contributed by atoms with E-state index in [0.29, 0.717) is 13.0 Å². The van der Waals surface area contributed by atoms with Crippen LogP contribution in [-0.4, -0.2) is 65.3 Å². The molecule has 2 aromatic carbocycles. The number of rotatable bonds is 13. The average molecular weight is 568 g/mol. The molecule has 2 heterocycles. The Morgan fingerprint density at radius 3 is 2.39 bits per heavy atom. The topological polar surface area (TPSA) is 120 Å². The van der Waals surface area contributed by atoms with E-state index in [1.807, 2.05) is 48.5 Å². The summed E-state index contributed by atoms with van der Waals surface area (Å²) in [6.45, 7) is 6.10. The summed E-state index contributed by atoms with van der Waals surface area (Å²) < 4.78 is 13.1. The van der Waals surface area contributed by atoms with Crippen molar-refractivity contribution < 1.29 is 29.3 Å². The van der Waals surface area contributed by atoms with Gasteiger partial charge in [0.05, 0.1) is 25.4 Å². The number of nitrogens with one attached hydrogen (secondary N) is 2. The van der Waals surface area contributed by atoms with Crippen molar-refractivity contribution in [2.45, 2.75) is 83.5 Å². The molecule has 9 heteroatoms. The van der Waals surface area contributed by atoms with Gasteiger partial charge < -0.3 is 30.3 Å². The zero-order valence-corrected chi connectivity index (χ0v) is 24.3. The third kappa shape index (κ3) is 8.83. The first-order valence-corrected chi connectivity index (χ1v) is 14.9. The lowest BCUT2D eigenvalue weighted by atomic mass is 9.90. The van der Waals surface area contributed by atoms with Crippen LogP contribution in [0.4, 0.5) is 5.69 Å². The molecule has 0 bridgehead atoms. The van der Waals surface area contributed by atoms with Gasteiger partial charge in [0.25, 0.3) is 0 Å². The minimum absolute atomic E-state index is 0.00524. The minimum Gasteiger partial charge on any atom is -0.395 e. The second-order valence-corrected chi connectivity index (χ2v) is 11.3. The summed E-state index contributed by atoms with van der Waals surface area (Å²) in [6.07, 6.45) is 4.11. The summed E-state index contributed by atoms with van der Waals surface area (Å²) >= 11 is 0. The van der Waals surface area contributed by atoms with Crippen molar-refractivity contribution in [3.63, 3.8) is 0 Å². The van der Waals surface area contributed by atoms with E-state index in [1.54, 1.807) is 0 Å². The molecule has 0 aliphatic carbocycles. The number of hydrogen-bond acceptors (Lipinski definition) is 7. The number of anilines is 1. The van der Waals surface area contributed by atoms with E-state index < -0.39 is 6.29 Å². The first-order valence-electron chi connectivity index (χ1n) is 14.9. The van der Waals surface area contributed by atoms with Gasteiger partial charge in [0.15, 0.2) is 6.29 Å². The van der Waals surface area contributed by atoms with Crippen LogP contribution in [0.3, 0.4) is 0 Å². The van der Waals surface area contributed by atoms with Crippen LogP contribution >= 0.6 is 0 Å². The molecule has 0 spiro atoms. The van der Waals surface area contributed by atoms with E-state index in [0.717, 1.165) is 67.6 Å². The molecular formula is C32H45N3O6. The van der Waals surface area contributed by atoms with E-state index in [1.165, 1.54) is 6.92 Å². The monoisotopic (exact) mass is 567 g/mol. The standard InChI is InChI=1S/C32H45N3O6/c1-22-29(19-35-18-6-7-28(35)21-37)40-32(41-31(22)25-11-9-24(20-36)10-12-25)26-13-15-27(16-14-26)34-30(39)8-4-3-5-17-33-23(2)38/h9-16,22,28-29,31-32,36-37H,3-8,17-21H2,1-2H3,(H,33,38)(H,34,39)/t22-,28-,29+,31+,32+/m0/s1. The summed E-state index contributed by atoms with van der Waals surface area (Å²) in [5.41, 5.74) is 3.48. The number of unbranched alkanes of at least 4 members (excludes halogenated alkanes) is 2. The number of amides is 2. The Labute approximate surface area is 243 Å². The molecule has 5 atom stereocenters. The molecule has 2 amide bonds. The number of benzene rings is 2. The maximum atomic E-state index is 12.4. The van der Waals surface area contributed by atoms with E-state index >= 15 is 0 Å². The lowest BCUT2D eigenvalue weighted by molar-refractivity contribution is -0.276. The lowest BCUT2D eigenvalue weighted by Crippen LogP contribution is -2.46. The van der Waals surface area contributed by atoms with Crippen molar-refractivity contribution in [2.24, 2.45) is 5.92 Å². The molecule has 2 aliphatic rings. The molecule has 4 N–H and O–H groups in total. The molecule has 0 saturated carbocycles. The van der Waals surface area contributed by atoms with Crippen molar-refractivity contribution >= 4 is 17.5 Å². The van der Waals surface area contributed by atoms with Crippen LogP contribution in [0.1, 0.15) is 81.5 Å². The average Bonchev–Trinajstić information content (AvgIpc) is 3.43. The maximum Gasteiger partial charge on any atom is 0.224 e. The fourth-order valence-corrected chi connectivity index (χ4v) is 5.70. The Bertz CT molecular complexity index is 1110. The molecule has 41 heavy (non-hydrogen) atoms. The molecule has 0 radical (unpaired) electrons. The number of likely N-dealkylation sites (tertiary alicyclic amines) is 1. The van der Waals surface area contributed by atoms with Gasteiger partial charge in [-0.3, -0.25) is 14.5 Å². The van der Waals surface area contributed by atoms with Gasteiger partial charge in [0.2, 0.25) is 11.8 Å². The predicted octanol–water partition coefficient (Wildman–Crippen LogP) is 4.06. The van der Waals surface area contributed by atoms with Gasteiger partial charge in [-0.1, -0.05) is 49.7 Å². The van der Waals surface area contributed by atoms with Gasteiger partial charge in [-0.15, -0.1) is 0 Å². The highest BCUT2D eigenvalue weighted by Crippen LogP contribution is 2.42. The maximum absolute atomic E-state index is 12.4. The van der Waals surface area contributed by atoms with E-state index in [9.17, 15) is 19.8 Å². The molecule has 0 unspecified atom stereocenters. The van der Waals surface area contributed by atoms with Gasteiger partial charge in [-0.2, -0.15) is 0 Å². The molecule has 9 nitrogen and oxygen atoms in total. The van der Waals surface area contributed by atoms with Crippen LogP contribution in [0.5, 0.6) is 0 Å². The highest BCUT2D eigenvalue weighted by Gasteiger charge is 2.40. The van der Waals surface area contributed by atoms with Crippen molar-refractivity contribution in [2.75, 3.05) is 31.6 Å². The summed E-state index contributed by atoms with van der Waals surface area (Å²) in [5.74, 6) is 0.00384. The smallest absolute Gasteiger partial charge is 0.224 e. The molecule has 224 valence electrons. The number of carbonyl (C=O) groups is 2.